The van der Waals surface area contributed by atoms with E-state index in [2.05, 4.69) is 10.6 Å². The first-order valence-electron chi connectivity index (χ1n) is 3.43. The predicted octanol–water partition coefficient (Wildman–Crippen LogP) is -0.650. The van der Waals surface area contributed by atoms with Crippen molar-refractivity contribution in [3.63, 3.8) is 0 Å². The summed E-state index contributed by atoms with van der Waals surface area (Å²) in [6, 6.07) is 0.249. The van der Waals surface area contributed by atoms with Gasteiger partial charge in [-0.25, -0.2) is 0 Å². The molecule has 3 N–H and O–H groups in total. The van der Waals surface area contributed by atoms with Gasteiger partial charge in [0, 0.05) is 25.7 Å². The van der Waals surface area contributed by atoms with Gasteiger partial charge in [0.25, 0.3) is 0 Å². The molecule has 0 radical (unpaired) electrons. The molecule has 0 aromatic rings. The molecule has 0 spiro atoms. The Hall–Kier alpha value is 0.170. The molecule has 1 saturated heterocycles. The van der Waals surface area contributed by atoms with Gasteiger partial charge in [-0.2, -0.15) is 0 Å². The fourth-order valence-corrected chi connectivity index (χ4v) is 1.02. The molecule has 0 unspecified atom stereocenters. The highest BCUT2D eigenvalue weighted by molar-refractivity contribution is 5.85. The summed E-state index contributed by atoms with van der Waals surface area (Å²) in [4.78, 5) is 0. The Morgan fingerprint density at radius 2 is 2.20 bits per heavy atom. The molecule has 0 aromatic heterocycles. The molecule has 0 saturated carbocycles. The average molecular weight is 167 g/mol. The third-order valence-corrected chi connectivity index (χ3v) is 1.65. The molecule has 0 bridgehead atoms. The molecular weight excluding hydrogens is 152 g/mol. The standard InChI is InChI=1S/C6H14N2O.ClH/c1-5(9)6-4-7-2-3-8-6;/h5-9H,2-4H2,1H3;1H/t5-,6-;/m1./s1. The van der Waals surface area contributed by atoms with Crippen LogP contribution in [0.3, 0.4) is 0 Å². The first-order valence-corrected chi connectivity index (χ1v) is 3.43. The van der Waals surface area contributed by atoms with Crippen LogP contribution in [0.2, 0.25) is 0 Å². The number of piperazine rings is 1. The van der Waals surface area contributed by atoms with Gasteiger partial charge in [-0.1, -0.05) is 0 Å². The lowest BCUT2D eigenvalue weighted by Crippen LogP contribution is -2.53. The summed E-state index contributed by atoms with van der Waals surface area (Å²) in [5.74, 6) is 0. The highest BCUT2D eigenvalue weighted by Crippen LogP contribution is 1.92. The molecule has 0 aliphatic carbocycles. The lowest BCUT2D eigenvalue weighted by molar-refractivity contribution is 0.136. The lowest BCUT2D eigenvalue weighted by atomic mass is 10.1. The van der Waals surface area contributed by atoms with Crippen molar-refractivity contribution in [2.75, 3.05) is 19.6 Å². The van der Waals surface area contributed by atoms with Gasteiger partial charge in [0.05, 0.1) is 6.10 Å². The maximum Gasteiger partial charge on any atom is 0.0677 e. The maximum absolute atomic E-state index is 9.07. The van der Waals surface area contributed by atoms with Gasteiger partial charge in [-0.15, -0.1) is 12.4 Å². The van der Waals surface area contributed by atoms with Gasteiger partial charge >= 0.3 is 0 Å². The maximum atomic E-state index is 9.07. The minimum absolute atomic E-state index is 0. The number of rotatable bonds is 1. The summed E-state index contributed by atoms with van der Waals surface area (Å²) in [7, 11) is 0. The summed E-state index contributed by atoms with van der Waals surface area (Å²) in [6.07, 6.45) is -0.238. The molecule has 1 aliphatic rings. The number of nitrogens with one attached hydrogen (secondary N) is 2. The second kappa shape index (κ2) is 4.91. The fourth-order valence-electron chi connectivity index (χ4n) is 1.02. The zero-order valence-corrected chi connectivity index (χ0v) is 6.95. The molecule has 4 heteroatoms. The summed E-state index contributed by atoms with van der Waals surface area (Å²) < 4.78 is 0. The highest BCUT2D eigenvalue weighted by atomic mass is 35.5. The second-order valence-corrected chi connectivity index (χ2v) is 2.51. The van der Waals surface area contributed by atoms with E-state index < -0.39 is 0 Å². The van der Waals surface area contributed by atoms with Crippen LogP contribution in [0, 0.1) is 0 Å². The van der Waals surface area contributed by atoms with E-state index in [-0.39, 0.29) is 24.6 Å². The van der Waals surface area contributed by atoms with Crippen LogP contribution < -0.4 is 10.6 Å². The van der Waals surface area contributed by atoms with Crippen LogP contribution in [-0.4, -0.2) is 36.9 Å². The number of hydrogen-bond acceptors (Lipinski definition) is 3. The first-order chi connectivity index (χ1) is 4.30. The summed E-state index contributed by atoms with van der Waals surface area (Å²) in [5, 5.41) is 15.5. The third kappa shape index (κ3) is 2.84. The van der Waals surface area contributed by atoms with E-state index in [0.29, 0.717) is 0 Å². The van der Waals surface area contributed by atoms with Crippen molar-refractivity contribution in [2.24, 2.45) is 0 Å². The fraction of sp³-hybridized carbons (Fsp3) is 1.00. The van der Waals surface area contributed by atoms with Crippen LogP contribution in [0.15, 0.2) is 0 Å². The Bertz CT molecular complexity index is 83.8. The topological polar surface area (TPSA) is 44.3 Å². The number of halogens is 1. The average Bonchev–Trinajstić information content (AvgIpc) is 1.90. The van der Waals surface area contributed by atoms with Crippen molar-refractivity contribution in [2.45, 2.75) is 19.1 Å². The van der Waals surface area contributed by atoms with Gasteiger partial charge in [0.15, 0.2) is 0 Å². The number of hydrogen-bond donors (Lipinski definition) is 3. The molecule has 2 atom stereocenters. The first kappa shape index (κ1) is 10.2. The minimum Gasteiger partial charge on any atom is -0.392 e. The molecule has 62 valence electrons. The van der Waals surface area contributed by atoms with Gasteiger partial charge in [0.1, 0.15) is 0 Å². The largest absolute Gasteiger partial charge is 0.392 e. The zero-order chi connectivity index (χ0) is 6.69. The van der Waals surface area contributed by atoms with Gasteiger partial charge in [0.2, 0.25) is 0 Å². The van der Waals surface area contributed by atoms with Gasteiger partial charge < -0.3 is 15.7 Å². The van der Waals surface area contributed by atoms with E-state index in [1.807, 2.05) is 6.92 Å². The van der Waals surface area contributed by atoms with Crippen molar-refractivity contribution in [1.82, 2.24) is 10.6 Å². The summed E-state index contributed by atoms with van der Waals surface area (Å²) in [5.41, 5.74) is 0. The van der Waals surface area contributed by atoms with E-state index in [1.165, 1.54) is 0 Å². The lowest BCUT2D eigenvalue weighted by Gasteiger charge is -2.26. The van der Waals surface area contributed by atoms with Crippen LogP contribution in [-0.2, 0) is 0 Å². The molecule has 0 amide bonds. The summed E-state index contributed by atoms with van der Waals surface area (Å²) in [6.45, 7) is 4.68. The van der Waals surface area contributed by atoms with Crippen LogP contribution >= 0.6 is 12.4 Å². The van der Waals surface area contributed by atoms with Crippen molar-refractivity contribution < 1.29 is 5.11 Å². The Balaban J connectivity index is 0.000000810. The molecule has 0 aromatic carbocycles. The molecule has 1 aliphatic heterocycles. The van der Waals surface area contributed by atoms with E-state index >= 15 is 0 Å². The van der Waals surface area contributed by atoms with Crippen molar-refractivity contribution in [3.05, 3.63) is 0 Å². The van der Waals surface area contributed by atoms with Crippen LogP contribution in [0.5, 0.6) is 0 Å². The van der Waals surface area contributed by atoms with E-state index in [0.717, 1.165) is 19.6 Å². The minimum atomic E-state index is -0.238. The third-order valence-electron chi connectivity index (χ3n) is 1.65. The highest BCUT2D eigenvalue weighted by Gasteiger charge is 2.15. The van der Waals surface area contributed by atoms with Crippen molar-refractivity contribution in [1.29, 1.82) is 0 Å². The van der Waals surface area contributed by atoms with Crippen LogP contribution in [0.4, 0.5) is 0 Å². The number of aliphatic hydroxyl groups is 1. The van der Waals surface area contributed by atoms with E-state index in [1.54, 1.807) is 0 Å². The second-order valence-electron chi connectivity index (χ2n) is 2.51. The van der Waals surface area contributed by atoms with Crippen molar-refractivity contribution in [3.8, 4) is 0 Å². The molecule has 1 rings (SSSR count). The quantitative estimate of drug-likeness (QED) is 0.485. The molecule has 1 fully saturated rings. The molecule has 1 heterocycles. The van der Waals surface area contributed by atoms with Gasteiger partial charge in [-0.05, 0) is 6.92 Å². The zero-order valence-electron chi connectivity index (χ0n) is 6.13. The Kier molecular flexibility index (Phi) is 4.99. The van der Waals surface area contributed by atoms with E-state index in [9.17, 15) is 0 Å². The van der Waals surface area contributed by atoms with Crippen LogP contribution in [0.1, 0.15) is 6.92 Å². The van der Waals surface area contributed by atoms with E-state index in [4.69, 9.17) is 5.11 Å². The molecular formula is C6H15ClN2O. The predicted molar refractivity (Wildman–Crippen MR) is 43.6 cm³/mol. The molecule has 3 nitrogen and oxygen atoms in total. The molecule has 10 heavy (non-hydrogen) atoms. The Labute approximate surface area is 67.6 Å². The van der Waals surface area contributed by atoms with Crippen LogP contribution in [0.25, 0.3) is 0 Å². The smallest absolute Gasteiger partial charge is 0.0677 e. The Morgan fingerprint density at radius 1 is 1.50 bits per heavy atom. The summed E-state index contributed by atoms with van der Waals surface area (Å²) >= 11 is 0. The monoisotopic (exact) mass is 166 g/mol. The van der Waals surface area contributed by atoms with Gasteiger partial charge in [-0.3, -0.25) is 0 Å². The normalized spacial score (nSPS) is 28.8. The van der Waals surface area contributed by atoms with Crippen molar-refractivity contribution >= 4 is 12.4 Å². The SMILES string of the molecule is C[C@@H](O)[C@H]1CNCCN1.Cl. The number of aliphatic hydroxyl groups excluding tert-OH is 1. The Morgan fingerprint density at radius 3 is 2.50 bits per heavy atom.